The van der Waals surface area contributed by atoms with Crippen molar-refractivity contribution in [3.05, 3.63) is 0 Å². The van der Waals surface area contributed by atoms with Crippen LogP contribution < -0.4 is 0 Å². The molecule has 5 fully saturated rings. The molecular weight excluding hydrogens is 544 g/mol. The molecule has 9 unspecified atom stereocenters. The lowest BCUT2D eigenvalue weighted by Gasteiger charge is -2.65. The molecule has 5 saturated carbocycles. The molecule has 42 heavy (non-hydrogen) atoms. The number of aliphatic hydroxyl groups is 9. The number of hydrogen-bond donors (Lipinski definition) is 9. The molecule has 5 aliphatic rings. The second kappa shape index (κ2) is 11.3. The predicted octanol–water partition coefficient (Wildman–Crippen LogP) is 0.612. The highest BCUT2D eigenvalue weighted by atomic mass is 16.5. The molecule has 0 aliphatic heterocycles. The van der Waals surface area contributed by atoms with Crippen molar-refractivity contribution >= 4 is 5.78 Å². The first-order chi connectivity index (χ1) is 19.4. The highest BCUT2D eigenvalue weighted by Gasteiger charge is 2.76. The van der Waals surface area contributed by atoms with Crippen molar-refractivity contribution in [2.45, 2.75) is 145 Å². The van der Waals surface area contributed by atoms with Crippen LogP contribution in [0, 0.1) is 46.8 Å². The molecule has 5 rings (SSSR count). The maximum Gasteiger partial charge on any atom is 0.159 e. The van der Waals surface area contributed by atoms with Crippen molar-refractivity contribution in [2.75, 3.05) is 0 Å². The van der Waals surface area contributed by atoms with Crippen molar-refractivity contribution in [1.82, 2.24) is 0 Å². The fourth-order valence-corrected chi connectivity index (χ4v) is 10.2. The average molecular weight is 599 g/mol. The van der Waals surface area contributed by atoms with E-state index in [2.05, 4.69) is 20.8 Å². The van der Waals surface area contributed by atoms with Crippen LogP contribution in [0.15, 0.2) is 0 Å². The van der Waals surface area contributed by atoms with E-state index in [0.717, 1.165) is 32.1 Å². The lowest BCUT2D eigenvalue weighted by molar-refractivity contribution is -0.356. The molecular formula is C32H54O10. The first kappa shape index (κ1) is 32.7. The number of carbonyl (C=O) groups excluding carboxylic acids is 1. The van der Waals surface area contributed by atoms with Gasteiger partial charge in [0.1, 0.15) is 23.1 Å². The summed E-state index contributed by atoms with van der Waals surface area (Å²) in [5.41, 5.74) is -6.83. The Morgan fingerprint density at radius 3 is 2.07 bits per heavy atom. The van der Waals surface area contributed by atoms with Crippen LogP contribution in [0.1, 0.15) is 97.8 Å². The van der Waals surface area contributed by atoms with Gasteiger partial charge < -0.3 is 46.0 Å². The lowest BCUT2D eigenvalue weighted by atomic mass is 9.44. The standard InChI is InChI=1S/C32H54O10/c1-29(2,3)12-4-5-16-6-8-17(9-7-16)18-10-11-20(33)22-19(18)13-30(40)15-31(41)14-21(34)23(28(38)39)26(36)32(31,42)27(37)24(30)25(22)35/h16-24,26-28,33-34,36-42H,4-15H2,1-3H3/t16?,17?,18?,19?,20?,21?,22?,23?,24?,26?,27?,30-,31+,32-/m1/s1. The number of hydrogen-bond acceptors (Lipinski definition) is 10. The summed E-state index contributed by atoms with van der Waals surface area (Å²) in [5, 5.41) is 99.0. The van der Waals surface area contributed by atoms with Crippen molar-refractivity contribution in [1.29, 1.82) is 0 Å². The van der Waals surface area contributed by atoms with E-state index in [4.69, 9.17) is 0 Å². The molecule has 0 bridgehead atoms. The number of rotatable bonds is 5. The molecule has 0 aromatic heterocycles. The van der Waals surface area contributed by atoms with Crippen LogP contribution in [-0.4, -0.2) is 99.3 Å². The Morgan fingerprint density at radius 2 is 1.48 bits per heavy atom. The van der Waals surface area contributed by atoms with Crippen molar-refractivity contribution in [2.24, 2.45) is 46.8 Å². The van der Waals surface area contributed by atoms with Gasteiger partial charge in [0.15, 0.2) is 6.29 Å². The Morgan fingerprint density at radius 1 is 0.833 bits per heavy atom. The van der Waals surface area contributed by atoms with Crippen molar-refractivity contribution in [3.8, 4) is 0 Å². The average Bonchev–Trinajstić information content (AvgIpc) is 2.86. The van der Waals surface area contributed by atoms with Crippen LogP contribution in [0.25, 0.3) is 0 Å². The Bertz CT molecular complexity index is 990. The van der Waals surface area contributed by atoms with Crippen LogP contribution in [0.4, 0.5) is 0 Å². The molecule has 0 saturated heterocycles. The quantitative estimate of drug-likeness (QED) is 0.202. The summed E-state index contributed by atoms with van der Waals surface area (Å²) in [5.74, 6) is -4.01. The number of fused-ring (bicyclic) bond motifs is 3. The molecule has 0 aromatic rings. The summed E-state index contributed by atoms with van der Waals surface area (Å²) in [6.07, 6.45) is -1.37. The molecule has 12 atom stereocenters. The second-order valence-electron chi connectivity index (χ2n) is 16.1. The molecule has 10 nitrogen and oxygen atoms in total. The predicted molar refractivity (Wildman–Crippen MR) is 151 cm³/mol. The van der Waals surface area contributed by atoms with E-state index >= 15 is 0 Å². The fraction of sp³-hybridized carbons (Fsp3) is 0.969. The van der Waals surface area contributed by atoms with E-state index in [1.54, 1.807) is 0 Å². The van der Waals surface area contributed by atoms with Gasteiger partial charge in [-0.05, 0) is 67.6 Å². The van der Waals surface area contributed by atoms with Crippen LogP contribution in [0.2, 0.25) is 0 Å². The smallest absolute Gasteiger partial charge is 0.159 e. The monoisotopic (exact) mass is 598 g/mol. The third-order valence-electron chi connectivity index (χ3n) is 12.3. The highest BCUT2D eigenvalue weighted by molar-refractivity contribution is 5.87. The Labute approximate surface area is 248 Å². The first-order valence-corrected chi connectivity index (χ1v) is 16.2. The lowest BCUT2D eigenvalue weighted by Crippen LogP contribution is -2.83. The topological polar surface area (TPSA) is 199 Å². The first-order valence-electron chi connectivity index (χ1n) is 16.2. The maximum absolute atomic E-state index is 14.1. The zero-order valence-corrected chi connectivity index (χ0v) is 25.3. The van der Waals surface area contributed by atoms with E-state index in [1.165, 1.54) is 19.3 Å². The molecule has 0 heterocycles. The molecule has 0 spiro atoms. The minimum atomic E-state index is -2.82. The minimum absolute atomic E-state index is 0.0367. The van der Waals surface area contributed by atoms with Gasteiger partial charge in [0, 0.05) is 18.8 Å². The number of aliphatic hydroxyl groups excluding tert-OH is 5. The van der Waals surface area contributed by atoms with Crippen molar-refractivity contribution in [3.63, 3.8) is 0 Å². The number of Topliss-reactive ketones (excluding diaryl/α,β-unsaturated/α-hetero) is 1. The van der Waals surface area contributed by atoms with E-state index < -0.39 is 83.9 Å². The second-order valence-corrected chi connectivity index (χ2v) is 16.1. The summed E-state index contributed by atoms with van der Waals surface area (Å²) in [4.78, 5) is 14.1. The fourth-order valence-electron chi connectivity index (χ4n) is 10.2. The zero-order chi connectivity index (χ0) is 31.0. The van der Waals surface area contributed by atoms with Crippen LogP contribution in [0.5, 0.6) is 0 Å². The van der Waals surface area contributed by atoms with Gasteiger partial charge >= 0.3 is 0 Å². The molecule has 0 aromatic carbocycles. The molecule has 10 heteroatoms. The van der Waals surface area contributed by atoms with Gasteiger partial charge in [0.05, 0.1) is 35.7 Å². The Kier molecular flexibility index (Phi) is 8.78. The Hall–Kier alpha value is -0.690. The highest BCUT2D eigenvalue weighted by Crippen LogP contribution is 2.61. The normalized spacial score (nSPS) is 51.5. The van der Waals surface area contributed by atoms with Gasteiger partial charge in [-0.25, -0.2) is 0 Å². The summed E-state index contributed by atoms with van der Waals surface area (Å²) in [7, 11) is 0. The summed E-state index contributed by atoms with van der Waals surface area (Å²) in [6.45, 7) is 6.79. The maximum atomic E-state index is 14.1. The minimum Gasteiger partial charge on any atom is -0.392 e. The SMILES string of the molecule is CC(C)(C)CCCC1CCC(C2CCC(O)C3C(=O)C4C(O)[C@]5(O)C(O)C(C(O)O)C(O)C[C@]5(O)C[C@]4(O)CC23)CC1. The van der Waals surface area contributed by atoms with Crippen LogP contribution in [0.3, 0.4) is 0 Å². The van der Waals surface area contributed by atoms with Gasteiger partial charge in [0.2, 0.25) is 0 Å². The van der Waals surface area contributed by atoms with E-state index in [1.807, 2.05) is 0 Å². The van der Waals surface area contributed by atoms with Gasteiger partial charge in [-0.2, -0.15) is 0 Å². The molecule has 0 amide bonds. The Balaban J connectivity index is 1.37. The molecule has 9 N–H and O–H groups in total. The third-order valence-corrected chi connectivity index (χ3v) is 12.3. The number of ketones is 1. The van der Waals surface area contributed by atoms with E-state index in [0.29, 0.717) is 23.7 Å². The van der Waals surface area contributed by atoms with Gasteiger partial charge in [-0.1, -0.05) is 46.5 Å². The summed E-state index contributed by atoms with van der Waals surface area (Å²) in [6, 6.07) is 0. The van der Waals surface area contributed by atoms with E-state index in [9.17, 15) is 50.8 Å². The van der Waals surface area contributed by atoms with Crippen LogP contribution in [-0.2, 0) is 4.79 Å². The molecule has 0 radical (unpaired) electrons. The van der Waals surface area contributed by atoms with E-state index in [-0.39, 0.29) is 18.3 Å². The number of carbonyl (C=O) groups is 1. The van der Waals surface area contributed by atoms with Gasteiger partial charge in [-0.3, -0.25) is 4.79 Å². The summed E-state index contributed by atoms with van der Waals surface area (Å²) < 4.78 is 0. The van der Waals surface area contributed by atoms with Gasteiger partial charge in [-0.15, -0.1) is 0 Å². The summed E-state index contributed by atoms with van der Waals surface area (Å²) >= 11 is 0. The van der Waals surface area contributed by atoms with Crippen LogP contribution >= 0.6 is 0 Å². The van der Waals surface area contributed by atoms with Crippen molar-refractivity contribution < 1.29 is 50.8 Å². The van der Waals surface area contributed by atoms with Gasteiger partial charge in [0.25, 0.3) is 0 Å². The third kappa shape index (κ3) is 5.30. The zero-order valence-electron chi connectivity index (χ0n) is 25.3. The largest absolute Gasteiger partial charge is 0.392 e. The molecule has 242 valence electrons. The molecule has 5 aliphatic carbocycles.